The molecule has 0 aliphatic heterocycles. The van der Waals surface area contributed by atoms with Gasteiger partial charge >= 0.3 is 6.03 Å². The minimum Gasteiger partial charge on any atom is -0.483 e. The van der Waals surface area contributed by atoms with Crippen LogP contribution in [0.1, 0.15) is 28.4 Å². The molecule has 0 atom stereocenters. The lowest BCUT2D eigenvalue weighted by Crippen LogP contribution is -2.37. The Morgan fingerprint density at radius 2 is 1.81 bits per heavy atom. The van der Waals surface area contributed by atoms with Crippen molar-refractivity contribution in [3.8, 4) is 5.75 Å². The predicted molar refractivity (Wildman–Crippen MR) is 95.0 cm³/mol. The summed E-state index contributed by atoms with van der Waals surface area (Å²) in [6.45, 7) is 4.54. The van der Waals surface area contributed by atoms with E-state index in [1.807, 2.05) is 26.0 Å². The summed E-state index contributed by atoms with van der Waals surface area (Å²) in [5.41, 5.74) is 2.52. The number of hydrogen-bond donors (Lipinski definition) is 2. The molecule has 26 heavy (non-hydrogen) atoms. The molecule has 0 aromatic heterocycles. The molecular formula is C19H19FN2O4. The van der Waals surface area contributed by atoms with E-state index in [0.29, 0.717) is 5.69 Å². The SMILES string of the molecule is CC(=O)c1cc(F)ccc1OCC(=O)NC(=O)Nc1ccc(C)cc1C. The zero-order valence-corrected chi connectivity index (χ0v) is 14.7. The molecule has 3 amide bonds. The molecule has 7 heteroatoms. The van der Waals surface area contributed by atoms with Gasteiger partial charge in [-0.1, -0.05) is 17.7 Å². The number of anilines is 1. The van der Waals surface area contributed by atoms with E-state index in [4.69, 9.17) is 4.74 Å². The molecule has 2 aromatic carbocycles. The number of imide groups is 1. The number of carbonyl (C=O) groups excluding carboxylic acids is 3. The highest BCUT2D eigenvalue weighted by Crippen LogP contribution is 2.20. The van der Waals surface area contributed by atoms with E-state index < -0.39 is 30.1 Å². The topological polar surface area (TPSA) is 84.5 Å². The third-order valence-electron chi connectivity index (χ3n) is 3.56. The summed E-state index contributed by atoms with van der Waals surface area (Å²) < 4.78 is 18.4. The van der Waals surface area contributed by atoms with Gasteiger partial charge in [-0.3, -0.25) is 14.9 Å². The second-order valence-electron chi connectivity index (χ2n) is 5.81. The number of Topliss-reactive ketones (excluding diaryl/α,β-unsaturated/α-hetero) is 1. The zero-order chi connectivity index (χ0) is 19.3. The van der Waals surface area contributed by atoms with E-state index in [0.717, 1.165) is 23.3 Å². The number of nitrogens with one attached hydrogen (secondary N) is 2. The quantitative estimate of drug-likeness (QED) is 0.803. The van der Waals surface area contributed by atoms with Crippen LogP contribution in [0.15, 0.2) is 36.4 Å². The van der Waals surface area contributed by atoms with Crippen molar-refractivity contribution in [3.63, 3.8) is 0 Å². The normalized spacial score (nSPS) is 10.2. The van der Waals surface area contributed by atoms with Crippen molar-refractivity contribution in [1.82, 2.24) is 5.32 Å². The number of ether oxygens (including phenoxy) is 1. The maximum atomic E-state index is 13.2. The first-order chi connectivity index (χ1) is 12.3. The summed E-state index contributed by atoms with van der Waals surface area (Å²) in [6, 6.07) is 8.19. The van der Waals surface area contributed by atoms with Crippen molar-refractivity contribution in [2.75, 3.05) is 11.9 Å². The fourth-order valence-electron chi connectivity index (χ4n) is 2.32. The van der Waals surface area contributed by atoms with E-state index in [1.165, 1.54) is 13.0 Å². The van der Waals surface area contributed by atoms with Crippen LogP contribution in [0, 0.1) is 19.7 Å². The Balaban J connectivity index is 1.93. The predicted octanol–water partition coefficient (Wildman–Crippen LogP) is 3.37. The molecule has 6 nitrogen and oxygen atoms in total. The summed E-state index contributed by atoms with van der Waals surface area (Å²) in [4.78, 5) is 35.2. The molecule has 0 fully saturated rings. The molecule has 0 aliphatic carbocycles. The lowest BCUT2D eigenvalue weighted by Gasteiger charge is -2.11. The molecule has 2 aromatic rings. The lowest BCUT2D eigenvalue weighted by atomic mass is 10.1. The highest BCUT2D eigenvalue weighted by Gasteiger charge is 2.13. The van der Waals surface area contributed by atoms with Crippen molar-refractivity contribution < 1.29 is 23.5 Å². The third kappa shape index (κ3) is 5.14. The smallest absolute Gasteiger partial charge is 0.325 e. The van der Waals surface area contributed by atoms with Gasteiger partial charge in [-0.15, -0.1) is 0 Å². The molecule has 0 saturated heterocycles. The van der Waals surface area contributed by atoms with E-state index in [9.17, 15) is 18.8 Å². The molecular weight excluding hydrogens is 339 g/mol. The maximum Gasteiger partial charge on any atom is 0.325 e. The Bertz CT molecular complexity index is 865. The van der Waals surface area contributed by atoms with Gasteiger partial charge in [0.1, 0.15) is 11.6 Å². The number of carbonyl (C=O) groups is 3. The Labute approximate surface area is 150 Å². The van der Waals surface area contributed by atoms with E-state index in [-0.39, 0.29) is 11.3 Å². The van der Waals surface area contributed by atoms with Gasteiger partial charge in [0.15, 0.2) is 12.4 Å². The first kappa shape index (κ1) is 19.1. The average molecular weight is 358 g/mol. The van der Waals surface area contributed by atoms with Crippen LogP contribution in [0.25, 0.3) is 0 Å². The van der Waals surface area contributed by atoms with Gasteiger partial charge in [-0.25, -0.2) is 9.18 Å². The van der Waals surface area contributed by atoms with Gasteiger partial charge in [-0.05, 0) is 50.6 Å². The Morgan fingerprint density at radius 1 is 1.08 bits per heavy atom. The lowest BCUT2D eigenvalue weighted by molar-refractivity contribution is -0.121. The zero-order valence-electron chi connectivity index (χ0n) is 14.7. The van der Waals surface area contributed by atoms with E-state index in [2.05, 4.69) is 10.6 Å². The molecule has 0 saturated carbocycles. The van der Waals surface area contributed by atoms with Crippen molar-refractivity contribution in [2.45, 2.75) is 20.8 Å². The first-order valence-corrected chi connectivity index (χ1v) is 7.87. The van der Waals surface area contributed by atoms with Gasteiger partial charge in [0.2, 0.25) is 0 Å². The van der Waals surface area contributed by atoms with Crippen LogP contribution < -0.4 is 15.4 Å². The number of halogens is 1. The third-order valence-corrected chi connectivity index (χ3v) is 3.56. The van der Waals surface area contributed by atoms with Crippen molar-refractivity contribution >= 4 is 23.4 Å². The molecule has 2 N–H and O–H groups in total. The highest BCUT2D eigenvalue weighted by molar-refractivity contribution is 6.02. The largest absolute Gasteiger partial charge is 0.483 e. The van der Waals surface area contributed by atoms with Crippen molar-refractivity contribution in [2.24, 2.45) is 0 Å². The Morgan fingerprint density at radius 3 is 2.46 bits per heavy atom. The number of benzene rings is 2. The standard InChI is InChI=1S/C19H19FN2O4/c1-11-4-6-16(12(2)8-11)21-19(25)22-18(24)10-26-17-7-5-14(20)9-15(17)13(3)23/h4-9H,10H2,1-3H3,(H2,21,22,24,25). The molecule has 0 unspecified atom stereocenters. The minimum atomic E-state index is -0.703. The van der Waals surface area contributed by atoms with Crippen molar-refractivity contribution in [1.29, 1.82) is 0 Å². The van der Waals surface area contributed by atoms with Gasteiger partial charge in [-0.2, -0.15) is 0 Å². The van der Waals surface area contributed by atoms with Gasteiger partial charge in [0.05, 0.1) is 5.56 Å². The number of urea groups is 1. The van der Waals surface area contributed by atoms with Crippen LogP contribution in [0.3, 0.4) is 0 Å². The van der Waals surface area contributed by atoms with Crippen molar-refractivity contribution in [3.05, 3.63) is 58.9 Å². The molecule has 0 spiro atoms. The number of aryl methyl sites for hydroxylation is 2. The maximum absolute atomic E-state index is 13.2. The second kappa shape index (κ2) is 8.24. The van der Waals surface area contributed by atoms with Crippen LogP contribution >= 0.6 is 0 Å². The van der Waals surface area contributed by atoms with Crippen LogP contribution in [-0.2, 0) is 4.79 Å². The van der Waals surface area contributed by atoms with E-state index in [1.54, 1.807) is 6.07 Å². The number of amides is 3. The van der Waals surface area contributed by atoms with Crippen LogP contribution in [0.2, 0.25) is 0 Å². The second-order valence-corrected chi connectivity index (χ2v) is 5.81. The average Bonchev–Trinajstić information content (AvgIpc) is 2.56. The van der Waals surface area contributed by atoms with Crippen LogP contribution in [-0.4, -0.2) is 24.3 Å². The van der Waals surface area contributed by atoms with Crippen LogP contribution in [0.5, 0.6) is 5.75 Å². The van der Waals surface area contributed by atoms with Crippen LogP contribution in [0.4, 0.5) is 14.9 Å². The summed E-state index contributed by atoms with van der Waals surface area (Å²) in [6.07, 6.45) is 0. The fourth-order valence-corrected chi connectivity index (χ4v) is 2.32. The summed E-state index contributed by atoms with van der Waals surface area (Å²) >= 11 is 0. The van der Waals surface area contributed by atoms with Gasteiger partial charge in [0, 0.05) is 5.69 Å². The molecule has 0 aliphatic rings. The fraction of sp³-hybridized carbons (Fsp3) is 0.211. The molecule has 0 heterocycles. The number of rotatable bonds is 5. The van der Waals surface area contributed by atoms with Gasteiger partial charge in [0.25, 0.3) is 5.91 Å². The molecule has 0 radical (unpaired) electrons. The highest BCUT2D eigenvalue weighted by atomic mass is 19.1. The summed E-state index contributed by atoms with van der Waals surface area (Å²) in [5.74, 6) is -1.61. The summed E-state index contributed by atoms with van der Waals surface area (Å²) in [5, 5.41) is 4.70. The first-order valence-electron chi connectivity index (χ1n) is 7.87. The van der Waals surface area contributed by atoms with E-state index >= 15 is 0 Å². The Hall–Kier alpha value is -3.22. The molecule has 0 bridgehead atoms. The number of hydrogen-bond acceptors (Lipinski definition) is 4. The number of ketones is 1. The van der Waals surface area contributed by atoms with Gasteiger partial charge < -0.3 is 10.1 Å². The summed E-state index contributed by atoms with van der Waals surface area (Å²) in [7, 11) is 0. The monoisotopic (exact) mass is 358 g/mol. The molecule has 2 rings (SSSR count). The minimum absolute atomic E-state index is 0.0255. The molecule has 136 valence electrons. The Kier molecular flexibility index (Phi) is 6.06.